The Labute approximate surface area is 140 Å². The van der Waals surface area contributed by atoms with E-state index in [-0.39, 0.29) is 11.8 Å². The van der Waals surface area contributed by atoms with E-state index in [9.17, 15) is 4.39 Å². The van der Waals surface area contributed by atoms with Gasteiger partial charge in [0.05, 0.1) is 26.1 Å². The first-order chi connectivity index (χ1) is 11.7. The Hall–Kier alpha value is -2.38. The fourth-order valence-corrected chi connectivity index (χ4v) is 2.89. The standard InChI is InChI=1S/C16H22FN5O2/c1-22-9-13(15(21-22)23-2)19-16-18-8-12(17)14(20-16)24-10-11-6-4-3-5-7-11/h8-9,11H,3-7,10H2,1-2H3,(H,18,19,20). The van der Waals surface area contributed by atoms with Crippen LogP contribution in [0.5, 0.6) is 11.8 Å². The lowest BCUT2D eigenvalue weighted by molar-refractivity contribution is 0.195. The van der Waals surface area contributed by atoms with Gasteiger partial charge in [-0.25, -0.2) is 4.98 Å². The third kappa shape index (κ3) is 3.93. The molecule has 24 heavy (non-hydrogen) atoms. The van der Waals surface area contributed by atoms with Crippen LogP contribution in [0, 0.1) is 11.7 Å². The van der Waals surface area contributed by atoms with Gasteiger partial charge in [0.1, 0.15) is 5.69 Å². The van der Waals surface area contributed by atoms with Crippen LogP contribution in [0.1, 0.15) is 32.1 Å². The third-order valence-electron chi connectivity index (χ3n) is 4.13. The number of anilines is 2. The Morgan fingerprint density at radius 2 is 2.08 bits per heavy atom. The zero-order valence-electron chi connectivity index (χ0n) is 14.0. The van der Waals surface area contributed by atoms with Crippen molar-refractivity contribution < 1.29 is 13.9 Å². The second-order valence-corrected chi connectivity index (χ2v) is 6.01. The van der Waals surface area contributed by atoms with Crippen LogP contribution < -0.4 is 14.8 Å². The molecule has 130 valence electrons. The van der Waals surface area contributed by atoms with E-state index in [4.69, 9.17) is 9.47 Å². The zero-order chi connectivity index (χ0) is 16.9. The quantitative estimate of drug-likeness (QED) is 0.874. The van der Waals surface area contributed by atoms with Gasteiger partial charge < -0.3 is 14.8 Å². The van der Waals surface area contributed by atoms with E-state index in [0.29, 0.717) is 24.1 Å². The predicted molar refractivity (Wildman–Crippen MR) is 87.1 cm³/mol. The number of halogens is 1. The number of aromatic nitrogens is 4. The Balaban J connectivity index is 1.68. The molecule has 2 aromatic heterocycles. The molecule has 7 nitrogen and oxygen atoms in total. The summed E-state index contributed by atoms with van der Waals surface area (Å²) in [6.45, 7) is 0.490. The molecule has 2 aromatic rings. The molecule has 1 saturated carbocycles. The van der Waals surface area contributed by atoms with Crippen molar-refractivity contribution in [3.63, 3.8) is 0 Å². The maximum absolute atomic E-state index is 13.9. The minimum atomic E-state index is -0.561. The molecule has 0 radical (unpaired) electrons. The van der Waals surface area contributed by atoms with Crippen molar-refractivity contribution >= 4 is 11.6 Å². The second kappa shape index (κ2) is 7.46. The summed E-state index contributed by atoms with van der Waals surface area (Å²) in [5.74, 6) is 0.537. The average molecular weight is 335 g/mol. The highest BCUT2D eigenvalue weighted by Crippen LogP contribution is 2.27. The molecular weight excluding hydrogens is 313 g/mol. The van der Waals surface area contributed by atoms with Gasteiger partial charge in [0.15, 0.2) is 0 Å². The highest BCUT2D eigenvalue weighted by molar-refractivity contribution is 5.58. The topological polar surface area (TPSA) is 74.1 Å². The van der Waals surface area contributed by atoms with Gasteiger partial charge >= 0.3 is 0 Å². The molecule has 1 aliphatic carbocycles. The number of nitrogens with zero attached hydrogens (tertiary/aromatic N) is 4. The summed E-state index contributed by atoms with van der Waals surface area (Å²) in [4.78, 5) is 8.07. The van der Waals surface area contributed by atoms with Crippen molar-refractivity contribution in [1.82, 2.24) is 19.7 Å². The largest absolute Gasteiger partial charge is 0.478 e. The van der Waals surface area contributed by atoms with Crippen LogP contribution in [-0.4, -0.2) is 33.5 Å². The van der Waals surface area contributed by atoms with Crippen molar-refractivity contribution in [2.45, 2.75) is 32.1 Å². The van der Waals surface area contributed by atoms with E-state index in [1.54, 1.807) is 17.9 Å². The van der Waals surface area contributed by atoms with Crippen molar-refractivity contribution in [1.29, 1.82) is 0 Å². The van der Waals surface area contributed by atoms with Gasteiger partial charge in [-0.15, -0.1) is 5.10 Å². The number of hydrogen-bond donors (Lipinski definition) is 1. The molecule has 8 heteroatoms. The number of methoxy groups -OCH3 is 1. The van der Waals surface area contributed by atoms with E-state index < -0.39 is 5.82 Å². The summed E-state index contributed by atoms with van der Waals surface area (Å²) in [6.07, 6.45) is 8.80. The molecule has 0 aromatic carbocycles. The number of hydrogen-bond acceptors (Lipinski definition) is 6. The van der Waals surface area contributed by atoms with Crippen LogP contribution in [0.25, 0.3) is 0 Å². The summed E-state index contributed by atoms with van der Waals surface area (Å²) >= 11 is 0. The van der Waals surface area contributed by atoms with Crippen molar-refractivity contribution in [3.8, 4) is 11.8 Å². The first kappa shape index (κ1) is 16.5. The molecular formula is C16H22FN5O2. The lowest BCUT2D eigenvalue weighted by atomic mass is 9.90. The molecule has 0 bridgehead atoms. The molecule has 0 amide bonds. The van der Waals surface area contributed by atoms with E-state index in [1.807, 2.05) is 0 Å². The Morgan fingerprint density at radius 1 is 1.29 bits per heavy atom. The maximum atomic E-state index is 13.9. The van der Waals surface area contributed by atoms with Crippen molar-refractivity contribution in [2.75, 3.05) is 19.0 Å². The van der Waals surface area contributed by atoms with Crippen LogP contribution in [0.15, 0.2) is 12.4 Å². The molecule has 3 rings (SSSR count). The smallest absolute Gasteiger partial charge is 0.256 e. The van der Waals surface area contributed by atoms with Gasteiger partial charge in [-0.05, 0) is 18.8 Å². The van der Waals surface area contributed by atoms with E-state index in [1.165, 1.54) is 26.4 Å². The number of rotatable bonds is 6. The van der Waals surface area contributed by atoms with Gasteiger partial charge in [0.25, 0.3) is 11.8 Å². The van der Waals surface area contributed by atoms with E-state index >= 15 is 0 Å². The van der Waals surface area contributed by atoms with Crippen molar-refractivity contribution in [3.05, 3.63) is 18.2 Å². The minimum Gasteiger partial charge on any atom is -0.478 e. The molecule has 1 N–H and O–H groups in total. The first-order valence-electron chi connectivity index (χ1n) is 8.15. The molecule has 2 heterocycles. The summed E-state index contributed by atoms with van der Waals surface area (Å²) in [7, 11) is 3.30. The van der Waals surface area contributed by atoms with Crippen LogP contribution in [-0.2, 0) is 7.05 Å². The number of aryl methyl sites for hydroxylation is 1. The molecule has 1 fully saturated rings. The number of nitrogens with one attached hydrogen (secondary N) is 1. The summed E-state index contributed by atoms with van der Waals surface area (Å²) in [5.41, 5.74) is 0.602. The Bertz CT molecular complexity index is 685. The molecule has 0 atom stereocenters. The van der Waals surface area contributed by atoms with Gasteiger partial charge in [0, 0.05) is 7.05 Å². The average Bonchev–Trinajstić information content (AvgIpc) is 2.95. The van der Waals surface area contributed by atoms with Crippen LogP contribution in [0.4, 0.5) is 16.0 Å². The van der Waals surface area contributed by atoms with Gasteiger partial charge in [-0.1, -0.05) is 19.3 Å². The van der Waals surface area contributed by atoms with Gasteiger partial charge in [-0.2, -0.15) is 9.37 Å². The number of ether oxygens (including phenoxy) is 2. The summed E-state index contributed by atoms with van der Waals surface area (Å²) in [5, 5.41) is 7.11. The Morgan fingerprint density at radius 3 is 2.83 bits per heavy atom. The van der Waals surface area contributed by atoms with Gasteiger partial charge in [-0.3, -0.25) is 4.68 Å². The fourth-order valence-electron chi connectivity index (χ4n) is 2.89. The SMILES string of the molecule is COc1nn(C)cc1Nc1ncc(F)c(OCC2CCCCC2)n1. The minimum absolute atomic E-state index is 0.0269. The summed E-state index contributed by atoms with van der Waals surface area (Å²) < 4.78 is 26.3. The summed E-state index contributed by atoms with van der Waals surface area (Å²) in [6, 6.07) is 0. The van der Waals surface area contributed by atoms with Crippen LogP contribution in [0.3, 0.4) is 0 Å². The maximum Gasteiger partial charge on any atom is 0.256 e. The fraction of sp³-hybridized carbons (Fsp3) is 0.562. The molecule has 0 aliphatic heterocycles. The normalized spacial score (nSPS) is 15.3. The molecule has 0 saturated heterocycles. The predicted octanol–water partition coefficient (Wildman–Crippen LogP) is 3.06. The highest BCUT2D eigenvalue weighted by atomic mass is 19.1. The lowest BCUT2D eigenvalue weighted by Crippen LogP contribution is -2.16. The van der Waals surface area contributed by atoms with Crippen LogP contribution >= 0.6 is 0 Å². The molecule has 1 aliphatic rings. The monoisotopic (exact) mass is 335 g/mol. The van der Waals surface area contributed by atoms with E-state index in [0.717, 1.165) is 19.0 Å². The van der Waals surface area contributed by atoms with Gasteiger partial charge in [0.2, 0.25) is 11.8 Å². The zero-order valence-corrected chi connectivity index (χ0v) is 14.0. The third-order valence-corrected chi connectivity index (χ3v) is 4.13. The second-order valence-electron chi connectivity index (χ2n) is 6.01. The van der Waals surface area contributed by atoms with E-state index in [2.05, 4.69) is 20.4 Å². The molecule has 0 spiro atoms. The Kier molecular flexibility index (Phi) is 5.12. The lowest BCUT2D eigenvalue weighted by Gasteiger charge is -2.21. The highest BCUT2D eigenvalue weighted by Gasteiger charge is 2.17. The van der Waals surface area contributed by atoms with Crippen LogP contribution in [0.2, 0.25) is 0 Å². The molecule has 0 unspecified atom stereocenters. The first-order valence-corrected chi connectivity index (χ1v) is 8.15. The van der Waals surface area contributed by atoms with Crippen molar-refractivity contribution in [2.24, 2.45) is 13.0 Å².